The van der Waals surface area contributed by atoms with Crippen LogP contribution in [-0.2, 0) is 10.0 Å². The molecule has 2 heterocycles. The number of pyridine rings is 1. The molecule has 82 valence electrons. The van der Waals surface area contributed by atoms with Crippen molar-refractivity contribution in [1.82, 2.24) is 9.29 Å². The van der Waals surface area contributed by atoms with Gasteiger partial charge in [-0.15, -0.1) is 0 Å². The lowest BCUT2D eigenvalue weighted by Crippen LogP contribution is -2.53. The number of β-amino-alcohol motifs (C(OH)–C–C–N with tert-alkyl or cyclic N) is 1. The maximum atomic E-state index is 11.8. The van der Waals surface area contributed by atoms with E-state index in [1.54, 1.807) is 13.0 Å². The van der Waals surface area contributed by atoms with Crippen LogP contribution in [-0.4, -0.2) is 42.0 Å². The van der Waals surface area contributed by atoms with Gasteiger partial charge in [0.1, 0.15) is 4.90 Å². The summed E-state index contributed by atoms with van der Waals surface area (Å²) in [6.45, 7) is 2.15. The maximum absolute atomic E-state index is 11.8. The van der Waals surface area contributed by atoms with Crippen LogP contribution in [0, 0.1) is 6.92 Å². The molecule has 1 aliphatic heterocycles. The smallest absolute Gasteiger partial charge is 0.244 e. The Kier molecular flexibility index (Phi) is 2.49. The van der Waals surface area contributed by atoms with Gasteiger partial charge in [-0.05, 0) is 19.1 Å². The first-order valence-electron chi connectivity index (χ1n) is 4.61. The number of aliphatic hydroxyl groups is 1. The Labute approximate surface area is 88.4 Å². The number of rotatable bonds is 2. The molecule has 1 fully saturated rings. The van der Waals surface area contributed by atoms with Crippen molar-refractivity contribution in [3.8, 4) is 0 Å². The molecule has 0 aromatic carbocycles. The summed E-state index contributed by atoms with van der Waals surface area (Å²) in [5.74, 6) is 0. The van der Waals surface area contributed by atoms with Crippen LogP contribution in [0.5, 0.6) is 0 Å². The largest absolute Gasteiger partial charge is 0.390 e. The molecule has 0 spiro atoms. The third kappa shape index (κ3) is 1.88. The summed E-state index contributed by atoms with van der Waals surface area (Å²) in [6.07, 6.45) is 0.813. The molecule has 6 heteroatoms. The fourth-order valence-corrected chi connectivity index (χ4v) is 2.83. The Balaban J connectivity index is 2.26. The van der Waals surface area contributed by atoms with Crippen molar-refractivity contribution in [3.05, 3.63) is 24.0 Å². The van der Waals surface area contributed by atoms with Crippen molar-refractivity contribution in [3.63, 3.8) is 0 Å². The molecule has 0 saturated carbocycles. The zero-order chi connectivity index (χ0) is 11.1. The highest BCUT2D eigenvalue weighted by molar-refractivity contribution is 7.89. The van der Waals surface area contributed by atoms with E-state index in [0.717, 1.165) is 5.69 Å². The van der Waals surface area contributed by atoms with E-state index in [1.165, 1.54) is 16.6 Å². The fourth-order valence-electron chi connectivity index (χ4n) is 1.37. The summed E-state index contributed by atoms with van der Waals surface area (Å²) < 4.78 is 24.9. The Hall–Kier alpha value is -0.980. The van der Waals surface area contributed by atoms with Crippen molar-refractivity contribution in [1.29, 1.82) is 0 Å². The van der Waals surface area contributed by atoms with Crippen molar-refractivity contribution in [2.45, 2.75) is 17.9 Å². The van der Waals surface area contributed by atoms with E-state index in [1.807, 2.05) is 0 Å². The highest BCUT2D eigenvalue weighted by Crippen LogP contribution is 2.20. The van der Waals surface area contributed by atoms with Gasteiger partial charge in [0.2, 0.25) is 10.0 Å². The second-order valence-electron chi connectivity index (χ2n) is 3.61. The van der Waals surface area contributed by atoms with Crippen molar-refractivity contribution >= 4 is 10.0 Å². The van der Waals surface area contributed by atoms with E-state index in [0.29, 0.717) is 0 Å². The first-order chi connectivity index (χ1) is 7.00. The van der Waals surface area contributed by atoms with Gasteiger partial charge in [0.15, 0.2) is 0 Å². The minimum Gasteiger partial charge on any atom is -0.390 e. The minimum absolute atomic E-state index is 0.177. The van der Waals surface area contributed by atoms with Gasteiger partial charge >= 0.3 is 0 Å². The second-order valence-corrected chi connectivity index (χ2v) is 5.55. The lowest BCUT2D eigenvalue weighted by molar-refractivity contribution is 0.0547. The zero-order valence-corrected chi connectivity index (χ0v) is 9.11. The molecule has 0 unspecified atom stereocenters. The molecule has 2 rings (SSSR count). The number of hydrogen-bond donors (Lipinski definition) is 1. The Bertz CT molecular complexity index is 449. The van der Waals surface area contributed by atoms with Crippen LogP contribution in [0.4, 0.5) is 0 Å². The van der Waals surface area contributed by atoms with E-state index in [4.69, 9.17) is 5.11 Å². The van der Waals surface area contributed by atoms with E-state index in [9.17, 15) is 8.42 Å². The number of aryl methyl sites for hydroxylation is 1. The highest BCUT2D eigenvalue weighted by atomic mass is 32.2. The number of aliphatic hydroxyl groups excluding tert-OH is 1. The molecule has 0 amide bonds. The first-order valence-corrected chi connectivity index (χ1v) is 6.05. The third-order valence-electron chi connectivity index (χ3n) is 2.35. The summed E-state index contributed by atoms with van der Waals surface area (Å²) in [6, 6.07) is 3.19. The molecular formula is C9H12N2O3S. The van der Waals surface area contributed by atoms with Gasteiger partial charge in [0, 0.05) is 25.0 Å². The minimum atomic E-state index is -3.44. The standard InChI is InChI=1S/C9H12N2O3S/c1-7-2-3-9(4-10-7)15(13,14)11-5-8(12)6-11/h2-4,8,12H,5-6H2,1H3. The lowest BCUT2D eigenvalue weighted by Gasteiger charge is -2.34. The molecule has 0 bridgehead atoms. The number of sulfonamides is 1. The topological polar surface area (TPSA) is 70.5 Å². The number of hydrogen-bond acceptors (Lipinski definition) is 4. The zero-order valence-electron chi connectivity index (χ0n) is 8.29. The molecule has 0 atom stereocenters. The second kappa shape index (κ2) is 3.55. The van der Waals surface area contributed by atoms with E-state index in [-0.39, 0.29) is 18.0 Å². The van der Waals surface area contributed by atoms with Gasteiger partial charge < -0.3 is 5.11 Å². The average molecular weight is 228 g/mol. The van der Waals surface area contributed by atoms with Gasteiger partial charge in [0.25, 0.3) is 0 Å². The monoisotopic (exact) mass is 228 g/mol. The molecule has 1 aromatic rings. The van der Waals surface area contributed by atoms with Gasteiger partial charge in [0.05, 0.1) is 6.10 Å². The summed E-state index contributed by atoms with van der Waals surface area (Å²) >= 11 is 0. The normalized spacial score (nSPS) is 18.8. The van der Waals surface area contributed by atoms with Gasteiger partial charge in [-0.1, -0.05) is 0 Å². The molecule has 1 aliphatic rings. The van der Waals surface area contributed by atoms with Gasteiger partial charge in [-0.2, -0.15) is 4.31 Å². The highest BCUT2D eigenvalue weighted by Gasteiger charge is 2.35. The van der Waals surface area contributed by atoms with Crippen LogP contribution in [0.1, 0.15) is 5.69 Å². The SMILES string of the molecule is Cc1ccc(S(=O)(=O)N2CC(O)C2)cn1. The summed E-state index contributed by atoms with van der Waals surface area (Å²) in [4.78, 5) is 4.12. The molecule has 1 aromatic heterocycles. The Morgan fingerprint density at radius 3 is 2.60 bits per heavy atom. The fraction of sp³-hybridized carbons (Fsp3) is 0.444. The van der Waals surface area contributed by atoms with Crippen molar-refractivity contribution in [2.75, 3.05) is 13.1 Å². The van der Waals surface area contributed by atoms with E-state index in [2.05, 4.69) is 4.98 Å². The van der Waals surface area contributed by atoms with Crippen molar-refractivity contribution < 1.29 is 13.5 Å². The summed E-state index contributed by atoms with van der Waals surface area (Å²) in [5, 5.41) is 9.05. The first kappa shape index (κ1) is 10.5. The lowest BCUT2D eigenvalue weighted by atomic mass is 10.2. The maximum Gasteiger partial charge on any atom is 0.244 e. The predicted octanol–water partition coefficient (Wildman–Crippen LogP) is -0.245. The quantitative estimate of drug-likeness (QED) is 0.758. The summed E-state index contributed by atoms with van der Waals surface area (Å²) in [5.41, 5.74) is 0.776. The molecule has 0 aliphatic carbocycles. The van der Waals surface area contributed by atoms with Gasteiger partial charge in [-0.25, -0.2) is 8.42 Å². The van der Waals surface area contributed by atoms with Crippen LogP contribution in [0.25, 0.3) is 0 Å². The van der Waals surface area contributed by atoms with Crippen LogP contribution in [0.15, 0.2) is 23.2 Å². The Morgan fingerprint density at radius 1 is 1.47 bits per heavy atom. The molecule has 5 nitrogen and oxygen atoms in total. The molecule has 1 saturated heterocycles. The van der Waals surface area contributed by atoms with Crippen LogP contribution >= 0.6 is 0 Å². The molecule has 1 N–H and O–H groups in total. The van der Waals surface area contributed by atoms with Crippen LogP contribution in [0.2, 0.25) is 0 Å². The molecule has 0 radical (unpaired) electrons. The number of aromatic nitrogens is 1. The molecule has 15 heavy (non-hydrogen) atoms. The third-order valence-corrected chi connectivity index (χ3v) is 4.17. The van der Waals surface area contributed by atoms with E-state index >= 15 is 0 Å². The van der Waals surface area contributed by atoms with Crippen molar-refractivity contribution in [2.24, 2.45) is 0 Å². The average Bonchev–Trinajstić information content (AvgIpc) is 2.13. The van der Waals surface area contributed by atoms with Crippen LogP contribution < -0.4 is 0 Å². The van der Waals surface area contributed by atoms with Gasteiger partial charge in [-0.3, -0.25) is 4.98 Å². The van der Waals surface area contributed by atoms with E-state index < -0.39 is 16.1 Å². The number of nitrogens with zero attached hydrogens (tertiary/aromatic N) is 2. The molecular weight excluding hydrogens is 216 g/mol. The Morgan fingerprint density at radius 2 is 2.13 bits per heavy atom. The predicted molar refractivity (Wildman–Crippen MR) is 53.7 cm³/mol. The van der Waals surface area contributed by atoms with Crippen LogP contribution in [0.3, 0.4) is 0 Å². The summed E-state index contributed by atoms with van der Waals surface area (Å²) in [7, 11) is -3.44.